The van der Waals surface area contributed by atoms with Gasteiger partial charge in [-0.25, -0.2) is 4.39 Å². The van der Waals surface area contributed by atoms with Crippen LogP contribution in [-0.2, 0) is 0 Å². The van der Waals surface area contributed by atoms with Crippen molar-refractivity contribution in [3.8, 4) is 0 Å². The average Bonchev–Trinajstić information content (AvgIpc) is 2.56. The Bertz CT molecular complexity index is 705. The van der Waals surface area contributed by atoms with Gasteiger partial charge in [0.1, 0.15) is 5.82 Å². The van der Waals surface area contributed by atoms with Crippen LogP contribution < -0.4 is 0 Å². The summed E-state index contributed by atoms with van der Waals surface area (Å²) in [6, 6.07) is 8.72. The van der Waals surface area contributed by atoms with E-state index in [-0.39, 0.29) is 5.82 Å². The Morgan fingerprint density at radius 1 is 1.12 bits per heavy atom. The molecule has 1 aromatic heterocycles. The van der Waals surface area contributed by atoms with Crippen molar-refractivity contribution < 1.29 is 4.39 Å². The second-order valence-electron chi connectivity index (χ2n) is 3.51. The number of rotatable bonds is 0. The molecule has 0 saturated carbocycles. The van der Waals surface area contributed by atoms with Crippen LogP contribution in [0.5, 0.6) is 0 Å². The Morgan fingerprint density at radius 3 is 2.75 bits per heavy atom. The van der Waals surface area contributed by atoms with Crippen LogP contribution in [0, 0.1) is 5.82 Å². The first-order valence-electron chi connectivity index (χ1n) is 4.62. The molecule has 4 heteroatoms. The van der Waals surface area contributed by atoms with Crippen molar-refractivity contribution in [2.24, 2.45) is 0 Å². The Morgan fingerprint density at radius 2 is 1.94 bits per heavy atom. The molecule has 0 spiro atoms. The normalized spacial score (nSPS) is 11.4. The zero-order valence-electron chi connectivity index (χ0n) is 7.93. The van der Waals surface area contributed by atoms with Crippen molar-refractivity contribution in [3.05, 3.63) is 45.6 Å². The molecule has 0 N–H and O–H groups in total. The lowest BCUT2D eigenvalue weighted by atomic mass is 10.1. The van der Waals surface area contributed by atoms with Gasteiger partial charge in [0.2, 0.25) is 0 Å². The largest absolute Gasteiger partial charge is 0.207 e. The van der Waals surface area contributed by atoms with Gasteiger partial charge < -0.3 is 0 Å². The summed E-state index contributed by atoms with van der Waals surface area (Å²) in [4.78, 5) is 0. The molecule has 0 aliphatic rings. The van der Waals surface area contributed by atoms with E-state index in [1.165, 1.54) is 6.07 Å². The molecule has 2 aromatic carbocycles. The lowest BCUT2D eigenvalue weighted by Crippen LogP contribution is -1.74. The van der Waals surface area contributed by atoms with Crippen molar-refractivity contribution >= 4 is 59.0 Å². The molecule has 0 bridgehead atoms. The Labute approximate surface area is 109 Å². The van der Waals surface area contributed by atoms with Crippen molar-refractivity contribution in [2.75, 3.05) is 0 Å². The summed E-state index contributed by atoms with van der Waals surface area (Å²) in [6.07, 6.45) is 0. The number of hydrogen-bond acceptors (Lipinski definition) is 1. The van der Waals surface area contributed by atoms with Gasteiger partial charge in [-0.15, -0.1) is 11.3 Å². The maximum atomic E-state index is 13.3. The van der Waals surface area contributed by atoms with Crippen LogP contribution >= 0.6 is 38.9 Å². The summed E-state index contributed by atoms with van der Waals surface area (Å²) >= 11 is 10.9. The molecule has 0 nitrogen and oxygen atoms in total. The first-order valence-corrected chi connectivity index (χ1v) is 6.61. The summed E-state index contributed by atoms with van der Waals surface area (Å²) in [6.45, 7) is 0. The summed E-state index contributed by atoms with van der Waals surface area (Å²) in [5.74, 6) is -0.228. The van der Waals surface area contributed by atoms with E-state index in [4.69, 9.17) is 11.6 Å². The van der Waals surface area contributed by atoms with E-state index in [2.05, 4.69) is 15.9 Å². The van der Waals surface area contributed by atoms with E-state index >= 15 is 0 Å². The Balaban J connectivity index is 2.55. The molecule has 3 aromatic rings. The SMILES string of the molecule is Fc1cc(Br)c2sc3cc(Cl)ccc3c2c1. The number of halogens is 3. The minimum Gasteiger partial charge on any atom is -0.207 e. The van der Waals surface area contributed by atoms with Gasteiger partial charge in [-0.3, -0.25) is 0 Å². The van der Waals surface area contributed by atoms with Crippen LogP contribution in [0.2, 0.25) is 5.02 Å². The van der Waals surface area contributed by atoms with Crippen molar-refractivity contribution in [1.29, 1.82) is 0 Å². The van der Waals surface area contributed by atoms with Crippen LogP contribution in [0.1, 0.15) is 0 Å². The van der Waals surface area contributed by atoms with Crippen molar-refractivity contribution in [2.45, 2.75) is 0 Å². The molecule has 0 saturated heterocycles. The minimum absolute atomic E-state index is 0.228. The van der Waals surface area contributed by atoms with Gasteiger partial charge in [0.15, 0.2) is 0 Å². The third-order valence-corrected chi connectivity index (χ3v) is 4.78. The monoisotopic (exact) mass is 314 g/mol. The maximum absolute atomic E-state index is 13.3. The molecular weight excluding hydrogens is 311 g/mol. The molecule has 0 aliphatic heterocycles. The van der Waals surface area contributed by atoms with E-state index in [9.17, 15) is 4.39 Å². The summed E-state index contributed by atoms with van der Waals surface area (Å²) in [7, 11) is 0. The van der Waals surface area contributed by atoms with Gasteiger partial charge in [-0.1, -0.05) is 17.7 Å². The number of hydrogen-bond donors (Lipinski definition) is 0. The molecular formula is C12H5BrClFS. The van der Waals surface area contributed by atoms with Crippen molar-refractivity contribution in [1.82, 2.24) is 0 Å². The van der Waals surface area contributed by atoms with Crippen LogP contribution in [0.15, 0.2) is 34.8 Å². The summed E-state index contributed by atoms with van der Waals surface area (Å²) < 4.78 is 16.3. The first-order chi connectivity index (χ1) is 7.65. The number of fused-ring (bicyclic) bond motifs is 3. The molecule has 0 amide bonds. The Hall–Kier alpha value is -0.640. The molecule has 0 aliphatic carbocycles. The quantitative estimate of drug-likeness (QED) is 0.506. The van der Waals surface area contributed by atoms with Crippen LogP contribution in [-0.4, -0.2) is 0 Å². The van der Waals surface area contributed by atoms with Gasteiger partial charge in [0, 0.05) is 29.7 Å². The topological polar surface area (TPSA) is 0 Å². The van der Waals surface area contributed by atoms with Gasteiger partial charge in [0.25, 0.3) is 0 Å². The van der Waals surface area contributed by atoms with Crippen LogP contribution in [0.4, 0.5) is 4.39 Å². The minimum atomic E-state index is -0.228. The fourth-order valence-electron chi connectivity index (χ4n) is 1.78. The van der Waals surface area contributed by atoms with Gasteiger partial charge in [-0.05, 0) is 40.2 Å². The number of thiophene rings is 1. The van der Waals surface area contributed by atoms with E-state index in [1.807, 2.05) is 18.2 Å². The zero-order valence-corrected chi connectivity index (χ0v) is 11.1. The Kier molecular flexibility index (Phi) is 2.42. The lowest BCUT2D eigenvalue weighted by molar-refractivity contribution is 0.629. The van der Waals surface area contributed by atoms with Gasteiger partial charge >= 0.3 is 0 Å². The predicted molar refractivity (Wildman–Crippen MR) is 72.0 cm³/mol. The molecule has 16 heavy (non-hydrogen) atoms. The lowest BCUT2D eigenvalue weighted by Gasteiger charge is -1.95. The highest BCUT2D eigenvalue weighted by molar-refractivity contribution is 9.10. The standard InChI is InChI=1S/C12H5BrClFS/c13-10-5-7(15)4-9-8-2-1-6(14)3-11(8)16-12(9)10/h1-5H. The second-order valence-corrected chi connectivity index (χ2v) is 5.85. The fourth-order valence-corrected chi connectivity index (χ4v) is 3.82. The number of benzene rings is 2. The fraction of sp³-hybridized carbons (Fsp3) is 0. The third-order valence-electron chi connectivity index (χ3n) is 2.45. The van der Waals surface area contributed by atoms with E-state index < -0.39 is 0 Å². The highest BCUT2D eigenvalue weighted by Gasteiger charge is 2.09. The van der Waals surface area contributed by atoms with Crippen LogP contribution in [0.3, 0.4) is 0 Å². The van der Waals surface area contributed by atoms with Gasteiger partial charge in [0.05, 0.1) is 0 Å². The molecule has 1 heterocycles. The van der Waals surface area contributed by atoms with Crippen molar-refractivity contribution in [3.63, 3.8) is 0 Å². The zero-order chi connectivity index (χ0) is 11.3. The summed E-state index contributed by atoms with van der Waals surface area (Å²) in [5, 5.41) is 2.68. The van der Waals surface area contributed by atoms with E-state index in [0.717, 1.165) is 24.6 Å². The van der Waals surface area contributed by atoms with Gasteiger partial charge in [-0.2, -0.15) is 0 Å². The van der Waals surface area contributed by atoms with E-state index in [1.54, 1.807) is 17.4 Å². The maximum Gasteiger partial charge on any atom is 0.125 e. The molecule has 0 unspecified atom stereocenters. The highest BCUT2D eigenvalue weighted by atomic mass is 79.9. The van der Waals surface area contributed by atoms with E-state index in [0.29, 0.717) is 5.02 Å². The summed E-state index contributed by atoms with van der Waals surface area (Å²) in [5.41, 5.74) is 0. The molecule has 80 valence electrons. The third kappa shape index (κ3) is 1.54. The van der Waals surface area contributed by atoms with Crippen LogP contribution in [0.25, 0.3) is 20.2 Å². The second kappa shape index (κ2) is 3.69. The first kappa shape index (κ1) is 10.5. The molecule has 0 fully saturated rings. The highest BCUT2D eigenvalue weighted by Crippen LogP contribution is 2.39. The molecule has 0 radical (unpaired) electrons. The molecule has 3 rings (SSSR count). The smallest absolute Gasteiger partial charge is 0.125 e. The average molecular weight is 316 g/mol. The predicted octanol–water partition coefficient (Wildman–Crippen LogP) is 5.61. The molecule has 0 atom stereocenters.